The Morgan fingerprint density at radius 2 is 2.31 bits per heavy atom. The molecule has 2 atom stereocenters. The maximum Gasteiger partial charge on any atom is 0.345 e. The fourth-order valence-corrected chi connectivity index (χ4v) is 1.46. The second kappa shape index (κ2) is 4.72. The highest BCUT2D eigenvalue weighted by molar-refractivity contribution is 6.22. The Hall–Kier alpha value is -0.410. The van der Waals surface area contributed by atoms with E-state index in [9.17, 15) is 8.78 Å². The molecule has 0 saturated heterocycles. The highest BCUT2D eigenvalue weighted by Gasteiger charge is 2.22. The lowest BCUT2D eigenvalue weighted by atomic mass is 10.0. The molecule has 4 heteroatoms. The second-order valence-electron chi connectivity index (χ2n) is 2.76. The van der Waals surface area contributed by atoms with Gasteiger partial charge in [-0.2, -0.15) is 8.78 Å². The average Bonchev–Trinajstić information content (AvgIpc) is 2.08. The molecule has 0 aromatic heterocycles. The van der Waals surface area contributed by atoms with Crippen LogP contribution in [0.3, 0.4) is 0 Å². The van der Waals surface area contributed by atoms with E-state index in [2.05, 4.69) is 4.74 Å². The summed E-state index contributed by atoms with van der Waals surface area (Å²) in [5, 5.41) is -0.492. The third-order valence-corrected chi connectivity index (χ3v) is 2.23. The first kappa shape index (κ1) is 10.7. The summed E-state index contributed by atoms with van der Waals surface area (Å²) in [6, 6.07) is 0. The first-order valence-corrected chi connectivity index (χ1v) is 4.53. The zero-order valence-electron chi connectivity index (χ0n) is 7.21. The van der Waals surface area contributed by atoms with Crippen molar-refractivity contribution >= 4 is 11.6 Å². The fourth-order valence-electron chi connectivity index (χ4n) is 1.15. The van der Waals surface area contributed by atoms with E-state index in [0.717, 1.165) is 12.0 Å². The molecule has 0 amide bonds. The van der Waals surface area contributed by atoms with Crippen molar-refractivity contribution in [1.82, 2.24) is 0 Å². The Kier molecular flexibility index (Phi) is 3.88. The molecular weight excluding hydrogens is 198 g/mol. The number of rotatable bonds is 3. The molecule has 0 aromatic rings. The van der Waals surface area contributed by atoms with Crippen molar-refractivity contribution in [3.8, 4) is 0 Å². The van der Waals surface area contributed by atoms with E-state index in [4.69, 9.17) is 11.6 Å². The van der Waals surface area contributed by atoms with Crippen LogP contribution >= 0.6 is 11.6 Å². The molecular formula is C9H11ClF2O. The summed E-state index contributed by atoms with van der Waals surface area (Å²) in [6.07, 6.45) is 5.22. The smallest absolute Gasteiger partial charge is 0.314 e. The van der Waals surface area contributed by atoms with Gasteiger partial charge < -0.3 is 4.74 Å². The van der Waals surface area contributed by atoms with Crippen molar-refractivity contribution < 1.29 is 13.5 Å². The standard InChI is InChI=1S/C9H11ClF2O/c1-2-6-3-4-8(7(10)5-6)13-9(11)12/h3-5,7-9H,2H2,1H3. The third-order valence-electron chi connectivity index (χ3n) is 1.86. The second-order valence-corrected chi connectivity index (χ2v) is 3.26. The number of halogens is 3. The van der Waals surface area contributed by atoms with Gasteiger partial charge in [0.15, 0.2) is 0 Å². The first-order valence-electron chi connectivity index (χ1n) is 4.10. The molecule has 13 heavy (non-hydrogen) atoms. The monoisotopic (exact) mass is 208 g/mol. The lowest BCUT2D eigenvalue weighted by Crippen LogP contribution is -2.25. The summed E-state index contributed by atoms with van der Waals surface area (Å²) < 4.78 is 28.0. The quantitative estimate of drug-likeness (QED) is 0.648. The van der Waals surface area contributed by atoms with Crippen LogP contribution in [0.5, 0.6) is 0 Å². The summed E-state index contributed by atoms with van der Waals surface area (Å²) in [6.45, 7) is -0.791. The van der Waals surface area contributed by atoms with Gasteiger partial charge in [-0.05, 0) is 6.42 Å². The Morgan fingerprint density at radius 3 is 2.77 bits per heavy atom. The Labute approximate surface area is 81.0 Å². The van der Waals surface area contributed by atoms with Crippen LogP contribution in [0, 0.1) is 0 Å². The van der Waals surface area contributed by atoms with E-state index >= 15 is 0 Å². The Morgan fingerprint density at radius 1 is 1.62 bits per heavy atom. The number of alkyl halides is 3. The number of ether oxygens (including phenoxy) is 1. The SMILES string of the molecule is CCC1=CC(Cl)C(OC(F)F)C=C1. The topological polar surface area (TPSA) is 9.23 Å². The number of hydrogen-bond donors (Lipinski definition) is 0. The minimum Gasteiger partial charge on any atom is -0.314 e. The van der Waals surface area contributed by atoms with Gasteiger partial charge >= 0.3 is 6.61 Å². The van der Waals surface area contributed by atoms with E-state index in [1.165, 1.54) is 0 Å². The summed E-state index contributed by atoms with van der Waals surface area (Å²) in [7, 11) is 0. The summed E-state index contributed by atoms with van der Waals surface area (Å²) in [5.41, 5.74) is 1.05. The van der Waals surface area contributed by atoms with E-state index in [1.807, 2.05) is 6.92 Å². The molecule has 0 saturated carbocycles. The molecule has 0 bridgehead atoms. The first-order chi connectivity index (χ1) is 6.13. The van der Waals surface area contributed by atoms with Crippen LogP contribution in [0.4, 0.5) is 8.78 Å². The van der Waals surface area contributed by atoms with Gasteiger partial charge in [-0.3, -0.25) is 0 Å². The van der Waals surface area contributed by atoms with Crippen LogP contribution in [0.1, 0.15) is 13.3 Å². The van der Waals surface area contributed by atoms with Gasteiger partial charge in [-0.15, -0.1) is 11.6 Å². The fraction of sp³-hybridized carbons (Fsp3) is 0.556. The van der Waals surface area contributed by atoms with Crippen LogP contribution < -0.4 is 0 Å². The Balaban J connectivity index is 2.55. The summed E-state index contributed by atoms with van der Waals surface area (Å²) >= 11 is 5.81. The molecule has 1 rings (SSSR count). The molecule has 2 unspecified atom stereocenters. The normalized spacial score (nSPS) is 27.9. The number of allylic oxidation sites excluding steroid dienone is 2. The van der Waals surface area contributed by atoms with E-state index in [-0.39, 0.29) is 0 Å². The lowest BCUT2D eigenvalue weighted by molar-refractivity contribution is -0.148. The highest BCUT2D eigenvalue weighted by atomic mass is 35.5. The molecule has 0 radical (unpaired) electrons. The van der Waals surface area contributed by atoms with Crippen molar-refractivity contribution in [3.63, 3.8) is 0 Å². The van der Waals surface area contributed by atoms with Crippen LogP contribution in [0.2, 0.25) is 0 Å². The Bertz CT molecular complexity index is 226. The average molecular weight is 209 g/mol. The highest BCUT2D eigenvalue weighted by Crippen LogP contribution is 2.22. The minimum atomic E-state index is -2.77. The van der Waals surface area contributed by atoms with E-state index in [0.29, 0.717) is 0 Å². The van der Waals surface area contributed by atoms with Crippen molar-refractivity contribution in [2.45, 2.75) is 31.4 Å². The molecule has 1 aliphatic rings. The zero-order chi connectivity index (χ0) is 9.84. The van der Waals surface area contributed by atoms with Crippen molar-refractivity contribution in [2.24, 2.45) is 0 Å². The molecule has 0 spiro atoms. The van der Waals surface area contributed by atoms with Gasteiger partial charge in [0.25, 0.3) is 0 Å². The molecule has 74 valence electrons. The summed E-state index contributed by atoms with van der Waals surface area (Å²) in [5.74, 6) is 0. The van der Waals surface area contributed by atoms with Gasteiger partial charge in [-0.25, -0.2) is 0 Å². The van der Waals surface area contributed by atoms with Crippen LogP contribution in [0.25, 0.3) is 0 Å². The van der Waals surface area contributed by atoms with E-state index in [1.54, 1.807) is 18.2 Å². The maximum atomic E-state index is 11.8. The van der Waals surface area contributed by atoms with Gasteiger partial charge in [-0.1, -0.05) is 30.7 Å². The lowest BCUT2D eigenvalue weighted by Gasteiger charge is -2.20. The van der Waals surface area contributed by atoms with Gasteiger partial charge in [0.2, 0.25) is 0 Å². The molecule has 0 fully saturated rings. The molecule has 1 nitrogen and oxygen atoms in total. The van der Waals surface area contributed by atoms with Crippen LogP contribution in [-0.2, 0) is 4.74 Å². The van der Waals surface area contributed by atoms with Crippen molar-refractivity contribution in [1.29, 1.82) is 0 Å². The van der Waals surface area contributed by atoms with Gasteiger partial charge in [0, 0.05) is 0 Å². The van der Waals surface area contributed by atoms with E-state index < -0.39 is 18.1 Å². The zero-order valence-corrected chi connectivity index (χ0v) is 7.97. The minimum absolute atomic E-state index is 0.492. The van der Waals surface area contributed by atoms with Crippen LogP contribution in [0.15, 0.2) is 23.8 Å². The van der Waals surface area contributed by atoms with Crippen LogP contribution in [-0.4, -0.2) is 18.1 Å². The third kappa shape index (κ3) is 3.08. The molecule has 0 aliphatic heterocycles. The predicted octanol–water partition coefficient (Wildman–Crippen LogP) is 3.11. The number of hydrogen-bond acceptors (Lipinski definition) is 1. The maximum absolute atomic E-state index is 11.8. The van der Waals surface area contributed by atoms with Gasteiger partial charge in [0.1, 0.15) is 6.10 Å². The summed E-state index contributed by atoms with van der Waals surface area (Å²) in [4.78, 5) is 0. The molecule has 0 N–H and O–H groups in total. The van der Waals surface area contributed by atoms with Gasteiger partial charge in [0.05, 0.1) is 5.38 Å². The molecule has 0 heterocycles. The van der Waals surface area contributed by atoms with Crippen molar-refractivity contribution in [3.05, 3.63) is 23.8 Å². The largest absolute Gasteiger partial charge is 0.345 e. The molecule has 0 aromatic carbocycles. The molecule has 1 aliphatic carbocycles. The van der Waals surface area contributed by atoms with Crippen molar-refractivity contribution in [2.75, 3.05) is 0 Å². The predicted molar refractivity (Wildman–Crippen MR) is 48.0 cm³/mol.